The first-order valence-electron chi connectivity index (χ1n) is 5.36. The smallest absolute Gasteiger partial charge is 0.214 e. The molecule has 0 spiro atoms. The predicted octanol–water partition coefficient (Wildman–Crippen LogP) is 1.37. The Morgan fingerprint density at radius 1 is 1.31 bits per heavy atom. The van der Waals surface area contributed by atoms with Gasteiger partial charge in [-0.25, -0.2) is 8.42 Å². The Bertz CT molecular complexity index is 467. The van der Waals surface area contributed by atoms with Gasteiger partial charge in [0.05, 0.1) is 5.75 Å². The van der Waals surface area contributed by atoms with Crippen LogP contribution in [0.2, 0.25) is 0 Å². The summed E-state index contributed by atoms with van der Waals surface area (Å²) < 4.78 is 25.1. The molecule has 88 valence electrons. The average Bonchev–Trinajstić information content (AvgIpc) is 2.58. The normalized spacial score (nSPS) is 22.1. The molecule has 1 aliphatic heterocycles. The second kappa shape index (κ2) is 4.07. The van der Waals surface area contributed by atoms with E-state index in [1.54, 1.807) is 16.4 Å². The fraction of sp³-hybridized carbons (Fsp3) is 0.455. The van der Waals surface area contributed by atoms with Crippen LogP contribution in [0.5, 0.6) is 0 Å². The molecule has 0 aliphatic carbocycles. The van der Waals surface area contributed by atoms with Gasteiger partial charge in [-0.3, -0.25) is 0 Å². The summed E-state index contributed by atoms with van der Waals surface area (Å²) in [6.45, 7) is 2.53. The van der Waals surface area contributed by atoms with Crippen LogP contribution in [0.4, 0.5) is 5.69 Å². The first-order chi connectivity index (χ1) is 7.50. The minimum atomic E-state index is -3.04. The van der Waals surface area contributed by atoms with Gasteiger partial charge in [-0.15, -0.1) is 0 Å². The van der Waals surface area contributed by atoms with Crippen molar-refractivity contribution in [3.63, 3.8) is 0 Å². The van der Waals surface area contributed by atoms with E-state index in [1.807, 2.05) is 19.1 Å². The molecule has 1 fully saturated rings. The van der Waals surface area contributed by atoms with Crippen molar-refractivity contribution in [3.05, 3.63) is 29.8 Å². The van der Waals surface area contributed by atoms with E-state index >= 15 is 0 Å². The minimum absolute atomic E-state index is 0.104. The molecule has 1 unspecified atom stereocenters. The highest BCUT2D eigenvalue weighted by molar-refractivity contribution is 7.89. The number of sulfonamides is 1. The van der Waals surface area contributed by atoms with Gasteiger partial charge in [0.25, 0.3) is 0 Å². The van der Waals surface area contributed by atoms with Gasteiger partial charge >= 0.3 is 0 Å². The molecule has 0 amide bonds. The fourth-order valence-electron chi connectivity index (χ4n) is 2.03. The van der Waals surface area contributed by atoms with Crippen LogP contribution in [0, 0.1) is 0 Å². The molecule has 2 rings (SSSR count). The van der Waals surface area contributed by atoms with Gasteiger partial charge in [0, 0.05) is 18.3 Å². The molecule has 16 heavy (non-hydrogen) atoms. The Kier molecular flexibility index (Phi) is 2.90. The highest BCUT2D eigenvalue weighted by Gasteiger charge is 2.32. The van der Waals surface area contributed by atoms with Gasteiger partial charge in [0.15, 0.2) is 0 Å². The van der Waals surface area contributed by atoms with Crippen LogP contribution in [0.3, 0.4) is 0 Å². The molecule has 5 heteroatoms. The minimum Gasteiger partial charge on any atom is -0.399 e. The van der Waals surface area contributed by atoms with E-state index in [0.717, 1.165) is 12.0 Å². The van der Waals surface area contributed by atoms with E-state index in [1.165, 1.54) is 0 Å². The van der Waals surface area contributed by atoms with Crippen LogP contribution < -0.4 is 5.73 Å². The first kappa shape index (κ1) is 11.4. The standard InChI is InChI=1S/C11H16N2O2S/c1-9(10-3-5-11(12)6-4-10)13-7-2-8-16(13,14)15/h3-6,9H,2,7-8,12H2,1H3. The molecule has 2 N–H and O–H groups in total. The summed E-state index contributed by atoms with van der Waals surface area (Å²) in [5.41, 5.74) is 7.28. The number of nitrogens with zero attached hydrogens (tertiary/aromatic N) is 1. The number of nitrogens with two attached hydrogens (primary N) is 1. The van der Waals surface area contributed by atoms with Crippen LogP contribution in [-0.2, 0) is 10.0 Å². The molecule has 0 radical (unpaired) electrons. The molecule has 1 heterocycles. The first-order valence-corrected chi connectivity index (χ1v) is 6.96. The van der Waals surface area contributed by atoms with Gasteiger partial charge in [-0.2, -0.15) is 4.31 Å². The second-order valence-electron chi connectivity index (χ2n) is 4.12. The summed E-state index contributed by atoms with van der Waals surface area (Å²) in [6.07, 6.45) is 0.724. The van der Waals surface area contributed by atoms with Crippen LogP contribution >= 0.6 is 0 Å². The van der Waals surface area contributed by atoms with Crippen molar-refractivity contribution in [2.24, 2.45) is 0 Å². The second-order valence-corrected chi connectivity index (χ2v) is 6.16. The summed E-state index contributed by atoms with van der Waals surface area (Å²) in [5.74, 6) is 0.270. The number of hydrogen-bond acceptors (Lipinski definition) is 3. The van der Waals surface area contributed by atoms with Crippen molar-refractivity contribution in [2.45, 2.75) is 19.4 Å². The zero-order valence-corrected chi connectivity index (χ0v) is 10.1. The Labute approximate surface area is 96.1 Å². The van der Waals surface area contributed by atoms with E-state index in [2.05, 4.69) is 0 Å². The van der Waals surface area contributed by atoms with Gasteiger partial charge in [0.1, 0.15) is 0 Å². The average molecular weight is 240 g/mol. The van der Waals surface area contributed by atoms with Crippen molar-refractivity contribution < 1.29 is 8.42 Å². The van der Waals surface area contributed by atoms with Crippen molar-refractivity contribution >= 4 is 15.7 Å². The predicted molar refractivity (Wildman–Crippen MR) is 64.4 cm³/mol. The van der Waals surface area contributed by atoms with E-state index in [-0.39, 0.29) is 11.8 Å². The Morgan fingerprint density at radius 3 is 2.44 bits per heavy atom. The van der Waals surface area contributed by atoms with Gasteiger partial charge < -0.3 is 5.73 Å². The van der Waals surface area contributed by atoms with Crippen LogP contribution in [0.15, 0.2) is 24.3 Å². The number of hydrogen-bond donors (Lipinski definition) is 1. The van der Waals surface area contributed by atoms with Crippen molar-refractivity contribution in [2.75, 3.05) is 18.0 Å². The maximum Gasteiger partial charge on any atom is 0.214 e. The molecular weight excluding hydrogens is 224 g/mol. The van der Waals surface area contributed by atoms with E-state index in [4.69, 9.17) is 5.73 Å². The summed E-state index contributed by atoms with van der Waals surface area (Å²) in [6, 6.07) is 7.26. The molecule has 1 aliphatic rings. The summed E-state index contributed by atoms with van der Waals surface area (Å²) >= 11 is 0. The SMILES string of the molecule is CC(c1ccc(N)cc1)N1CCCS1(=O)=O. The quantitative estimate of drug-likeness (QED) is 0.794. The van der Waals surface area contributed by atoms with E-state index in [0.29, 0.717) is 12.2 Å². The zero-order valence-electron chi connectivity index (χ0n) is 9.26. The Balaban J connectivity index is 2.25. The topological polar surface area (TPSA) is 63.4 Å². The lowest BCUT2D eigenvalue weighted by Gasteiger charge is -2.23. The lowest BCUT2D eigenvalue weighted by Crippen LogP contribution is -2.28. The highest BCUT2D eigenvalue weighted by atomic mass is 32.2. The zero-order chi connectivity index (χ0) is 11.8. The van der Waals surface area contributed by atoms with Crippen molar-refractivity contribution in [3.8, 4) is 0 Å². The summed E-state index contributed by atoms with van der Waals surface area (Å²) in [7, 11) is -3.04. The Morgan fingerprint density at radius 2 is 1.94 bits per heavy atom. The summed E-state index contributed by atoms with van der Waals surface area (Å²) in [4.78, 5) is 0. The number of anilines is 1. The van der Waals surface area contributed by atoms with Gasteiger partial charge in [-0.05, 0) is 31.0 Å². The molecule has 0 aromatic heterocycles. The molecule has 0 saturated carbocycles. The van der Waals surface area contributed by atoms with E-state index < -0.39 is 10.0 Å². The number of rotatable bonds is 2. The fourth-order valence-corrected chi connectivity index (χ4v) is 3.77. The third-order valence-electron chi connectivity index (χ3n) is 2.99. The Hall–Kier alpha value is -1.07. The molecule has 1 saturated heterocycles. The molecule has 1 atom stereocenters. The molecule has 1 aromatic carbocycles. The lowest BCUT2D eigenvalue weighted by molar-refractivity contribution is 0.369. The van der Waals surface area contributed by atoms with Crippen molar-refractivity contribution in [1.82, 2.24) is 4.31 Å². The van der Waals surface area contributed by atoms with Gasteiger partial charge in [0.2, 0.25) is 10.0 Å². The molecule has 0 bridgehead atoms. The molecule has 4 nitrogen and oxygen atoms in total. The monoisotopic (exact) mass is 240 g/mol. The van der Waals surface area contributed by atoms with Crippen molar-refractivity contribution in [1.29, 1.82) is 0 Å². The lowest BCUT2D eigenvalue weighted by atomic mass is 10.1. The van der Waals surface area contributed by atoms with Crippen LogP contribution in [-0.4, -0.2) is 25.0 Å². The highest BCUT2D eigenvalue weighted by Crippen LogP contribution is 2.28. The molecular formula is C11H16N2O2S. The van der Waals surface area contributed by atoms with Crippen LogP contribution in [0.1, 0.15) is 24.9 Å². The molecule has 1 aromatic rings. The van der Waals surface area contributed by atoms with Gasteiger partial charge in [-0.1, -0.05) is 12.1 Å². The largest absolute Gasteiger partial charge is 0.399 e. The summed E-state index contributed by atoms with van der Waals surface area (Å²) in [5, 5.41) is 0. The van der Waals surface area contributed by atoms with E-state index in [9.17, 15) is 8.42 Å². The third kappa shape index (κ3) is 2.05. The number of benzene rings is 1. The number of nitrogen functional groups attached to an aromatic ring is 1. The maximum absolute atomic E-state index is 11.7. The van der Waals surface area contributed by atoms with Crippen LogP contribution in [0.25, 0.3) is 0 Å². The maximum atomic E-state index is 11.7. The third-order valence-corrected chi connectivity index (χ3v) is 5.01.